The van der Waals surface area contributed by atoms with Gasteiger partial charge in [-0.25, -0.2) is 4.79 Å². The minimum atomic E-state index is -0.641. The summed E-state index contributed by atoms with van der Waals surface area (Å²) in [7, 11) is 0. The van der Waals surface area contributed by atoms with E-state index in [9.17, 15) is 9.59 Å². The molecule has 0 radical (unpaired) electrons. The Morgan fingerprint density at radius 2 is 1.60 bits per heavy atom. The van der Waals surface area contributed by atoms with E-state index in [0.29, 0.717) is 21.3 Å². The molecule has 0 heterocycles. The SMILES string of the molecule is O=C(NC(=O)c1ccccc1)Nc1ccc(Cl)c(Cl)c1. The van der Waals surface area contributed by atoms with E-state index in [0.717, 1.165) is 0 Å². The Labute approximate surface area is 125 Å². The number of hydrogen-bond acceptors (Lipinski definition) is 2. The summed E-state index contributed by atoms with van der Waals surface area (Å²) in [5.74, 6) is -0.483. The molecule has 0 spiro atoms. The largest absolute Gasteiger partial charge is 0.326 e. The van der Waals surface area contributed by atoms with Gasteiger partial charge in [0.15, 0.2) is 0 Å². The molecule has 2 aromatic rings. The number of halogens is 2. The van der Waals surface area contributed by atoms with Crippen molar-refractivity contribution >= 4 is 40.8 Å². The summed E-state index contributed by atoms with van der Waals surface area (Å²) in [6.07, 6.45) is 0. The second kappa shape index (κ2) is 6.41. The van der Waals surface area contributed by atoms with E-state index in [1.807, 2.05) is 0 Å². The molecule has 0 saturated carbocycles. The molecule has 0 bridgehead atoms. The first kappa shape index (κ1) is 14.4. The monoisotopic (exact) mass is 308 g/mol. The van der Waals surface area contributed by atoms with Crippen molar-refractivity contribution in [3.05, 3.63) is 64.1 Å². The van der Waals surface area contributed by atoms with Gasteiger partial charge < -0.3 is 5.32 Å². The van der Waals surface area contributed by atoms with Crippen LogP contribution < -0.4 is 10.6 Å². The van der Waals surface area contributed by atoms with E-state index in [1.54, 1.807) is 42.5 Å². The van der Waals surface area contributed by atoms with Crippen LogP contribution in [-0.2, 0) is 0 Å². The second-order valence-electron chi connectivity index (χ2n) is 3.90. The second-order valence-corrected chi connectivity index (χ2v) is 4.72. The maximum absolute atomic E-state index is 11.7. The van der Waals surface area contributed by atoms with Gasteiger partial charge in [-0.1, -0.05) is 41.4 Å². The van der Waals surface area contributed by atoms with E-state index in [4.69, 9.17) is 23.2 Å². The molecule has 0 aromatic heterocycles. The molecule has 2 rings (SSSR count). The van der Waals surface area contributed by atoms with E-state index in [-0.39, 0.29) is 0 Å². The maximum atomic E-state index is 11.7. The average molecular weight is 309 g/mol. The first-order chi connectivity index (χ1) is 9.56. The van der Waals surface area contributed by atoms with Crippen molar-refractivity contribution < 1.29 is 9.59 Å². The number of imide groups is 1. The topological polar surface area (TPSA) is 58.2 Å². The quantitative estimate of drug-likeness (QED) is 0.882. The number of rotatable bonds is 2. The van der Waals surface area contributed by atoms with Gasteiger partial charge in [-0.2, -0.15) is 0 Å². The molecule has 102 valence electrons. The van der Waals surface area contributed by atoms with Gasteiger partial charge in [-0.05, 0) is 30.3 Å². The Morgan fingerprint density at radius 3 is 2.25 bits per heavy atom. The zero-order chi connectivity index (χ0) is 14.5. The normalized spacial score (nSPS) is 9.90. The predicted molar refractivity (Wildman–Crippen MR) is 79.4 cm³/mol. The van der Waals surface area contributed by atoms with E-state index in [2.05, 4.69) is 10.6 Å². The summed E-state index contributed by atoms with van der Waals surface area (Å²) < 4.78 is 0. The Kier molecular flexibility index (Phi) is 4.61. The number of benzene rings is 2. The molecule has 6 heteroatoms. The van der Waals surface area contributed by atoms with Crippen LogP contribution in [0, 0.1) is 0 Å². The number of carbonyl (C=O) groups is 2. The van der Waals surface area contributed by atoms with Crippen molar-refractivity contribution in [1.82, 2.24) is 5.32 Å². The Bertz CT molecular complexity index is 645. The molecule has 2 aromatic carbocycles. The summed E-state index contributed by atoms with van der Waals surface area (Å²) in [5, 5.41) is 5.42. The summed E-state index contributed by atoms with van der Waals surface area (Å²) in [4.78, 5) is 23.4. The van der Waals surface area contributed by atoms with Crippen LogP contribution >= 0.6 is 23.2 Å². The van der Waals surface area contributed by atoms with Crippen LogP contribution in [0.15, 0.2) is 48.5 Å². The first-order valence-corrected chi connectivity index (χ1v) is 6.44. The van der Waals surface area contributed by atoms with Crippen molar-refractivity contribution in [1.29, 1.82) is 0 Å². The Balaban J connectivity index is 1.99. The van der Waals surface area contributed by atoms with Crippen molar-refractivity contribution in [2.24, 2.45) is 0 Å². The number of nitrogens with one attached hydrogen (secondary N) is 2. The number of amides is 3. The molecular weight excluding hydrogens is 299 g/mol. The molecule has 20 heavy (non-hydrogen) atoms. The van der Waals surface area contributed by atoms with Crippen LogP contribution in [0.1, 0.15) is 10.4 Å². The van der Waals surface area contributed by atoms with Gasteiger partial charge in [0.25, 0.3) is 5.91 Å². The van der Waals surface area contributed by atoms with Gasteiger partial charge in [0.2, 0.25) is 0 Å². The Morgan fingerprint density at radius 1 is 0.900 bits per heavy atom. The third-order valence-electron chi connectivity index (χ3n) is 2.44. The number of carbonyl (C=O) groups excluding carboxylic acids is 2. The van der Waals surface area contributed by atoms with E-state index >= 15 is 0 Å². The smallest absolute Gasteiger partial charge is 0.308 e. The van der Waals surface area contributed by atoms with Crippen molar-refractivity contribution in [3.63, 3.8) is 0 Å². The third kappa shape index (κ3) is 3.73. The van der Waals surface area contributed by atoms with Gasteiger partial charge in [0.05, 0.1) is 10.0 Å². The van der Waals surface area contributed by atoms with Crippen molar-refractivity contribution in [3.8, 4) is 0 Å². The number of urea groups is 1. The minimum absolute atomic E-state index is 0.318. The molecule has 0 aliphatic carbocycles. The van der Waals surface area contributed by atoms with Crippen LogP contribution in [0.2, 0.25) is 10.0 Å². The molecule has 0 saturated heterocycles. The molecule has 4 nitrogen and oxygen atoms in total. The molecule has 0 unspecified atom stereocenters. The highest BCUT2D eigenvalue weighted by Gasteiger charge is 2.10. The van der Waals surface area contributed by atoms with Crippen LogP contribution in [0.3, 0.4) is 0 Å². The molecule has 0 atom stereocenters. The molecule has 0 fully saturated rings. The molecular formula is C14H10Cl2N2O2. The van der Waals surface area contributed by atoms with Crippen LogP contribution in [0.25, 0.3) is 0 Å². The van der Waals surface area contributed by atoms with E-state index in [1.165, 1.54) is 6.07 Å². The highest BCUT2D eigenvalue weighted by Crippen LogP contribution is 2.24. The molecule has 3 amide bonds. The lowest BCUT2D eigenvalue weighted by Gasteiger charge is -2.07. The van der Waals surface area contributed by atoms with Gasteiger partial charge in [0, 0.05) is 11.3 Å². The van der Waals surface area contributed by atoms with Crippen molar-refractivity contribution in [2.75, 3.05) is 5.32 Å². The maximum Gasteiger partial charge on any atom is 0.326 e. The van der Waals surface area contributed by atoms with Gasteiger partial charge in [-0.3, -0.25) is 10.1 Å². The fourth-order valence-electron chi connectivity index (χ4n) is 1.50. The summed E-state index contributed by atoms with van der Waals surface area (Å²) in [6, 6.07) is 12.4. The fraction of sp³-hybridized carbons (Fsp3) is 0. The van der Waals surface area contributed by atoms with E-state index < -0.39 is 11.9 Å². The van der Waals surface area contributed by atoms with Gasteiger partial charge >= 0.3 is 6.03 Å². The Hall–Kier alpha value is -2.04. The zero-order valence-corrected chi connectivity index (χ0v) is 11.7. The summed E-state index contributed by atoms with van der Waals surface area (Å²) in [5.41, 5.74) is 0.842. The van der Waals surface area contributed by atoms with Crippen LogP contribution in [0.4, 0.5) is 10.5 Å². The number of anilines is 1. The first-order valence-electron chi connectivity index (χ1n) is 5.68. The molecule has 0 aliphatic heterocycles. The molecule has 2 N–H and O–H groups in total. The van der Waals surface area contributed by atoms with Gasteiger partial charge in [-0.15, -0.1) is 0 Å². The predicted octanol–water partition coefficient (Wildman–Crippen LogP) is 3.96. The van der Waals surface area contributed by atoms with Crippen LogP contribution in [-0.4, -0.2) is 11.9 Å². The third-order valence-corrected chi connectivity index (χ3v) is 3.18. The lowest BCUT2D eigenvalue weighted by molar-refractivity contribution is 0.0967. The summed E-state index contributed by atoms with van der Waals surface area (Å²) in [6.45, 7) is 0. The van der Waals surface area contributed by atoms with Gasteiger partial charge in [0.1, 0.15) is 0 Å². The zero-order valence-electron chi connectivity index (χ0n) is 10.2. The van der Waals surface area contributed by atoms with Crippen molar-refractivity contribution in [2.45, 2.75) is 0 Å². The average Bonchev–Trinajstić information content (AvgIpc) is 2.44. The lowest BCUT2D eigenvalue weighted by atomic mass is 10.2. The molecule has 0 aliphatic rings. The fourth-order valence-corrected chi connectivity index (χ4v) is 1.80. The summed E-state index contributed by atoms with van der Waals surface area (Å²) >= 11 is 11.6. The standard InChI is InChI=1S/C14H10Cl2N2O2/c15-11-7-6-10(8-12(11)16)17-14(20)18-13(19)9-4-2-1-3-5-9/h1-8H,(H2,17,18,19,20). The highest BCUT2D eigenvalue weighted by molar-refractivity contribution is 6.42. The van der Waals surface area contributed by atoms with Crippen LogP contribution in [0.5, 0.6) is 0 Å². The lowest BCUT2D eigenvalue weighted by Crippen LogP contribution is -2.34. The number of hydrogen-bond donors (Lipinski definition) is 2. The highest BCUT2D eigenvalue weighted by atomic mass is 35.5. The minimum Gasteiger partial charge on any atom is -0.308 e.